The molecule has 2 aromatic rings. The highest BCUT2D eigenvalue weighted by Gasteiger charge is 2.16. The molecule has 2 aromatic carbocycles. The molecule has 0 fully saturated rings. The number of hydrogen-bond acceptors (Lipinski definition) is 5. The Balaban J connectivity index is 2.20. The average molecular weight is 411 g/mol. The molecule has 132 valence electrons. The van der Waals surface area contributed by atoms with Gasteiger partial charge in [0, 0.05) is 15.6 Å². The number of rotatable bonds is 6. The first kappa shape index (κ1) is 18.7. The molecule has 0 atom stereocenters. The fourth-order valence-electron chi connectivity index (χ4n) is 2.05. The zero-order valence-electron chi connectivity index (χ0n) is 13.8. The number of carbonyl (C=O) groups is 1. The molecule has 6 nitrogen and oxygen atoms in total. The van der Waals surface area contributed by atoms with Crippen molar-refractivity contribution in [3.05, 3.63) is 51.7 Å². The lowest BCUT2D eigenvalue weighted by atomic mass is 10.1. The molecule has 0 unspecified atom stereocenters. The third kappa shape index (κ3) is 4.48. The van der Waals surface area contributed by atoms with Gasteiger partial charge in [-0.25, -0.2) is 9.82 Å². The van der Waals surface area contributed by atoms with Crippen LogP contribution in [0.25, 0.3) is 0 Å². The summed E-state index contributed by atoms with van der Waals surface area (Å²) in [5.74, 6) is 0.101. The van der Waals surface area contributed by atoms with Crippen LogP contribution < -0.4 is 19.6 Å². The van der Waals surface area contributed by atoms with E-state index in [1.165, 1.54) is 45.7 Å². The highest BCUT2D eigenvalue weighted by Crippen LogP contribution is 2.38. The average Bonchev–Trinajstić information content (AvgIpc) is 2.62. The standard InChI is InChI=1S/C17H16BrFN2O4/c1-23-14-7-10(8-15(24-2)16(14)25-3)17(22)21-20-9-11-6-12(18)4-5-13(11)19/h4-9H,1-3H3,(H,21,22)/b20-9-. The van der Waals surface area contributed by atoms with Crippen LogP contribution in [-0.4, -0.2) is 33.5 Å². The van der Waals surface area contributed by atoms with Crippen molar-refractivity contribution in [2.24, 2.45) is 5.10 Å². The lowest BCUT2D eigenvalue weighted by molar-refractivity contribution is 0.0954. The van der Waals surface area contributed by atoms with Gasteiger partial charge in [-0.1, -0.05) is 15.9 Å². The van der Waals surface area contributed by atoms with Crippen molar-refractivity contribution in [3.63, 3.8) is 0 Å². The van der Waals surface area contributed by atoms with Gasteiger partial charge in [0.2, 0.25) is 5.75 Å². The van der Waals surface area contributed by atoms with Crippen molar-refractivity contribution in [2.45, 2.75) is 0 Å². The number of ether oxygens (including phenoxy) is 3. The highest BCUT2D eigenvalue weighted by atomic mass is 79.9. The van der Waals surface area contributed by atoms with Gasteiger partial charge in [0.15, 0.2) is 11.5 Å². The first-order chi connectivity index (χ1) is 12.0. The third-order valence-electron chi connectivity index (χ3n) is 3.25. The van der Waals surface area contributed by atoms with Crippen molar-refractivity contribution < 1.29 is 23.4 Å². The summed E-state index contributed by atoms with van der Waals surface area (Å²) in [4.78, 5) is 12.2. The number of nitrogens with one attached hydrogen (secondary N) is 1. The van der Waals surface area contributed by atoms with Gasteiger partial charge in [0.1, 0.15) is 5.82 Å². The molecule has 0 aromatic heterocycles. The van der Waals surface area contributed by atoms with Gasteiger partial charge in [0.25, 0.3) is 5.91 Å². The number of hydrogen-bond donors (Lipinski definition) is 1. The quantitative estimate of drug-likeness (QED) is 0.585. The SMILES string of the molecule is COc1cc(C(=O)N/N=C\c2cc(Br)ccc2F)cc(OC)c1OC. The number of methoxy groups -OCH3 is 3. The number of nitrogens with zero attached hydrogens (tertiary/aromatic N) is 1. The Labute approximate surface area is 152 Å². The molecular weight excluding hydrogens is 395 g/mol. The molecule has 8 heteroatoms. The monoisotopic (exact) mass is 410 g/mol. The fraction of sp³-hybridized carbons (Fsp3) is 0.176. The van der Waals surface area contributed by atoms with E-state index in [4.69, 9.17) is 14.2 Å². The van der Waals surface area contributed by atoms with Gasteiger partial charge < -0.3 is 14.2 Å². The molecule has 0 radical (unpaired) electrons. The second kappa shape index (κ2) is 8.48. The molecule has 0 saturated carbocycles. The van der Waals surface area contributed by atoms with Gasteiger partial charge in [-0.3, -0.25) is 4.79 Å². The Hall–Kier alpha value is -2.61. The molecule has 0 spiro atoms. The maximum Gasteiger partial charge on any atom is 0.271 e. The van der Waals surface area contributed by atoms with Crippen molar-refractivity contribution in [2.75, 3.05) is 21.3 Å². The minimum atomic E-state index is -0.508. The van der Waals surface area contributed by atoms with E-state index in [1.54, 1.807) is 12.1 Å². The Morgan fingerprint density at radius 1 is 1.12 bits per heavy atom. The smallest absolute Gasteiger partial charge is 0.271 e. The van der Waals surface area contributed by atoms with Crippen LogP contribution in [0.2, 0.25) is 0 Å². The molecule has 0 aliphatic rings. The highest BCUT2D eigenvalue weighted by molar-refractivity contribution is 9.10. The van der Waals surface area contributed by atoms with E-state index in [-0.39, 0.29) is 11.1 Å². The molecule has 0 aliphatic heterocycles. The number of amides is 1. The summed E-state index contributed by atoms with van der Waals surface area (Å²) in [5.41, 5.74) is 2.82. The minimum absolute atomic E-state index is 0.236. The van der Waals surface area contributed by atoms with Gasteiger partial charge in [-0.2, -0.15) is 5.10 Å². The van der Waals surface area contributed by atoms with Crippen molar-refractivity contribution in [1.29, 1.82) is 0 Å². The molecular formula is C17H16BrFN2O4. The van der Waals surface area contributed by atoms with Crippen LogP contribution in [-0.2, 0) is 0 Å². The largest absolute Gasteiger partial charge is 0.493 e. The Bertz CT molecular complexity index is 786. The summed E-state index contributed by atoms with van der Waals surface area (Å²) in [6.45, 7) is 0. The first-order valence-electron chi connectivity index (χ1n) is 7.08. The fourth-order valence-corrected chi connectivity index (χ4v) is 2.43. The summed E-state index contributed by atoms with van der Waals surface area (Å²) in [6.07, 6.45) is 1.22. The number of halogens is 2. The molecule has 0 saturated heterocycles. The van der Waals surface area contributed by atoms with E-state index in [0.717, 1.165) is 0 Å². The molecule has 1 amide bonds. The van der Waals surface area contributed by atoms with E-state index in [1.807, 2.05) is 0 Å². The number of benzene rings is 2. The van der Waals surface area contributed by atoms with E-state index in [9.17, 15) is 9.18 Å². The van der Waals surface area contributed by atoms with Crippen molar-refractivity contribution in [1.82, 2.24) is 5.43 Å². The predicted octanol–water partition coefficient (Wildman–Crippen LogP) is 3.38. The van der Waals surface area contributed by atoms with E-state index >= 15 is 0 Å². The maximum absolute atomic E-state index is 13.6. The first-order valence-corrected chi connectivity index (χ1v) is 7.88. The van der Waals surface area contributed by atoms with E-state index < -0.39 is 11.7 Å². The molecule has 1 N–H and O–H groups in total. The summed E-state index contributed by atoms with van der Waals surface area (Å²) in [5, 5.41) is 3.78. The predicted molar refractivity (Wildman–Crippen MR) is 95.3 cm³/mol. The van der Waals surface area contributed by atoms with Crippen LogP contribution in [0, 0.1) is 5.82 Å². The van der Waals surface area contributed by atoms with Gasteiger partial charge in [-0.15, -0.1) is 0 Å². The summed E-state index contributed by atoms with van der Waals surface area (Å²) < 4.78 is 29.9. The van der Waals surface area contributed by atoms with Crippen molar-refractivity contribution in [3.8, 4) is 17.2 Å². The molecule has 0 aliphatic carbocycles. The lowest BCUT2D eigenvalue weighted by Crippen LogP contribution is -2.18. The third-order valence-corrected chi connectivity index (χ3v) is 3.75. The second-order valence-electron chi connectivity index (χ2n) is 4.78. The van der Waals surface area contributed by atoms with Crippen LogP contribution in [0.4, 0.5) is 4.39 Å². The normalized spacial score (nSPS) is 10.6. The minimum Gasteiger partial charge on any atom is -0.493 e. The maximum atomic E-state index is 13.6. The van der Waals surface area contributed by atoms with Gasteiger partial charge in [0.05, 0.1) is 27.5 Å². The van der Waals surface area contributed by atoms with E-state index in [2.05, 4.69) is 26.5 Å². The molecule has 0 bridgehead atoms. The van der Waals surface area contributed by atoms with Crippen LogP contribution in [0.15, 0.2) is 39.9 Å². The number of carbonyl (C=O) groups excluding carboxylic acids is 1. The topological polar surface area (TPSA) is 69.2 Å². The van der Waals surface area contributed by atoms with Crippen LogP contribution in [0.1, 0.15) is 15.9 Å². The van der Waals surface area contributed by atoms with Gasteiger partial charge in [-0.05, 0) is 30.3 Å². The summed E-state index contributed by atoms with van der Waals surface area (Å²) in [7, 11) is 4.37. The van der Waals surface area contributed by atoms with Crippen molar-refractivity contribution >= 4 is 28.1 Å². The second-order valence-corrected chi connectivity index (χ2v) is 5.69. The Morgan fingerprint density at radius 2 is 1.76 bits per heavy atom. The Morgan fingerprint density at radius 3 is 2.32 bits per heavy atom. The van der Waals surface area contributed by atoms with Crippen LogP contribution in [0.3, 0.4) is 0 Å². The summed E-state index contributed by atoms with van der Waals surface area (Å²) in [6, 6.07) is 7.40. The molecule has 25 heavy (non-hydrogen) atoms. The zero-order valence-corrected chi connectivity index (χ0v) is 15.4. The molecule has 2 rings (SSSR count). The van der Waals surface area contributed by atoms with Crippen LogP contribution in [0.5, 0.6) is 17.2 Å². The summed E-state index contributed by atoms with van der Waals surface area (Å²) >= 11 is 3.24. The molecule has 0 heterocycles. The Kier molecular flexibility index (Phi) is 6.35. The van der Waals surface area contributed by atoms with Crippen LogP contribution >= 0.6 is 15.9 Å². The van der Waals surface area contributed by atoms with Gasteiger partial charge >= 0.3 is 0 Å². The number of hydrazone groups is 1. The zero-order chi connectivity index (χ0) is 18.4. The van der Waals surface area contributed by atoms with E-state index in [0.29, 0.717) is 21.7 Å². The lowest BCUT2D eigenvalue weighted by Gasteiger charge is -2.13.